The van der Waals surface area contributed by atoms with Crippen molar-refractivity contribution < 1.29 is 14.3 Å². The number of amides is 3. The van der Waals surface area contributed by atoms with Gasteiger partial charge in [0.25, 0.3) is 5.91 Å². The lowest BCUT2D eigenvalue weighted by Crippen LogP contribution is -2.32. The highest BCUT2D eigenvalue weighted by Gasteiger charge is 2.09. The monoisotopic (exact) mass is 434 g/mol. The SMILES string of the molecule is N#Cc1cccc(NC(=O)c2cccc(NC(=O)NCCOc3ccc(Cl)cc3)c2)c1. The van der Waals surface area contributed by atoms with Gasteiger partial charge in [-0.1, -0.05) is 23.7 Å². The molecule has 8 heteroatoms. The number of nitrogens with one attached hydrogen (secondary N) is 3. The molecule has 0 spiro atoms. The molecular formula is C23H19ClN4O3. The first kappa shape index (κ1) is 21.7. The number of nitrogens with zero attached hydrogens (tertiary/aromatic N) is 1. The van der Waals surface area contributed by atoms with Crippen LogP contribution in [0.15, 0.2) is 72.8 Å². The van der Waals surface area contributed by atoms with Crippen LogP contribution in [0.25, 0.3) is 0 Å². The number of carbonyl (C=O) groups excluding carboxylic acids is 2. The Morgan fingerprint density at radius 1 is 0.935 bits per heavy atom. The Balaban J connectivity index is 1.48. The van der Waals surface area contributed by atoms with E-state index in [2.05, 4.69) is 16.0 Å². The van der Waals surface area contributed by atoms with E-state index in [1.807, 2.05) is 6.07 Å². The van der Waals surface area contributed by atoms with E-state index < -0.39 is 6.03 Å². The minimum atomic E-state index is -0.418. The molecule has 31 heavy (non-hydrogen) atoms. The van der Waals surface area contributed by atoms with Crippen LogP contribution in [0, 0.1) is 11.3 Å². The molecule has 0 heterocycles. The summed E-state index contributed by atoms with van der Waals surface area (Å²) >= 11 is 5.82. The van der Waals surface area contributed by atoms with Gasteiger partial charge in [-0.2, -0.15) is 5.26 Å². The standard InChI is InChI=1S/C23H19ClN4O3/c24-18-7-9-21(10-8-18)31-12-11-26-23(30)28-20-6-2-4-17(14-20)22(29)27-19-5-1-3-16(13-19)15-25/h1-10,13-14H,11-12H2,(H,27,29)(H2,26,28,30). The highest BCUT2D eigenvalue weighted by atomic mass is 35.5. The van der Waals surface area contributed by atoms with E-state index in [4.69, 9.17) is 21.6 Å². The molecule has 156 valence electrons. The molecule has 0 atom stereocenters. The van der Waals surface area contributed by atoms with Crippen molar-refractivity contribution in [2.24, 2.45) is 0 Å². The van der Waals surface area contributed by atoms with Gasteiger partial charge in [-0.05, 0) is 60.7 Å². The smallest absolute Gasteiger partial charge is 0.319 e. The second kappa shape index (κ2) is 10.7. The predicted octanol–water partition coefficient (Wildman–Crippen LogP) is 4.66. The molecule has 0 saturated carbocycles. The van der Waals surface area contributed by atoms with Crippen LogP contribution in [0.1, 0.15) is 15.9 Å². The van der Waals surface area contributed by atoms with E-state index in [1.165, 1.54) is 0 Å². The molecule has 0 radical (unpaired) electrons. The number of urea groups is 1. The third-order valence-corrected chi connectivity index (χ3v) is 4.35. The fourth-order valence-corrected chi connectivity index (χ4v) is 2.77. The molecule has 3 N–H and O–H groups in total. The molecule has 3 aromatic rings. The summed E-state index contributed by atoms with van der Waals surface area (Å²) in [7, 11) is 0. The molecule has 0 aliphatic rings. The Hall–Kier alpha value is -4.02. The highest BCUT2D eigenvalue weighted by molar-refractivity contribution is 6.30. The first-order valence-electron chi connectivity index (χ1n) is 9.38. The summed E-state index contributed by atoms with van der Waals surface area (Å²) in [4.78, 5) is 24.6. The van der Waals surface area contributed by atoms with Crippen LogP contribution in [0.5, 0.6) is 5.75 Å². The average molecular weight is 435 g/mol. The molecule has 3 aromatic carbocycles. The number of carbonyl (C=O) groups is 2. The summed E-state index contributed by atoms with van der Waals surface area (Å²) in [5, 5.41) is 17.7. The number of benzene rings is 3. The fourth-order valence-electron chi connectivity index (χ4n) is 2.65. The molecule has 0 aromatic heterocycles. The van der Waals surface area contributed by atoms with E-state index in [0.29, 0.717) is 46.4 Å². The van der Waals surface area contributed by atoms with Gasteiger partial charge in [0, 0.05) is 22.0 Å². The number of rotatable bonds is 7. The highest BCUT2D eigenvalue weighted by Crippen LogP contribution is 2.16. The van der Waals surface area contributed by atoms with Crippen molar-refractivity contribution in [1.82, 2.24) is 5.32 Å². The Kier molecular flexibility index (Phi) is 7.46. The minimum Gasteiger partial charge on any atom is -0.492 e. The van der Waals surface area contributed by atoms with Crippen molar-refractivity contribution in [2.45, 2.75) is 0 Å². The lowest BCUT2D eigenvalue weighted by Gasteiger charge is -2.10. The van der Waals surface area contributed by atoms with Gasteiger partial charge >= 0.3 is 6.03 Å². The van der Waals surface area contributed by atoms with Crippen molar-refractivity contribution in [1.29, 1.82) is 5.26 Å². The van der Waals surface area contributed by atoms with Gasteiger partial charge < -0.3 is 20.7 Å². The first-order chi connectivity index (χ1) is 15.0. The Labute approximate surface area is 184 Å². The van der Waals surface area contributed by atoms with Crippen molar-refractivity contribution in [2.75, 3.05) is 23.8 Å². The summed E-state index contributed by atoms with van der Waals surface area (Å²) in [5.74, 6) is 0.307. The summed E-state index contributed by atoms with van der Waals surface area (Å²) in [6.45, 7) is 0.586. The van der Waals surface area contributed by atoms with Crippen molar-refractivity contribution in [3.05, 3.63) is 88.9 Å². The van der Waals surface area contributed by atoms with Crippen LogP contribution in [0.4, 0.5) is 16.2 Å². The largest absolute Gasteiger partial charge is 0.492 e. The van der Waals surface area contributed by atoms with Gasteiger partial charge in [0.15, 0.2) is 0 Å². The van der Waals surface area contributed by atoms with Crippen LogP contribution >= 0.6 is 11.6 Å². The lowest BCUT2D eigenvalue weighted by molar-refractivity contribution is 0.102. The number of hydrogen-bond acceptors (Lipinski definition) is 4. The van der Waals surface area contributed by atoms with Crippen LogP contribution in [-0.2, 0) is 0 Å². The second-order valence-corrected chi connectivity index (χ2v) is 6.85. The normalized spacial score (nSPS) is 9.94. The topological polar surface area (TPSA) is 103 Å². The number of nitriles is 1. The maximum Gasteiger partial charge on any atom is 0.319 e. The predicted molar refractivity (Wildman–Crippen MR) is 120 cm³/mol. The number of hydrogen-bond donors (Lipinski definition) is 3. The summed E-state index contributed by atoms with van der Waals surface area (Å²) in [6, 6.07) is 21.7. The molecule has 0 fully saturated rings. The van der Waals surface area contributed by atoms with E-state index in [1.54, 1.807) is 72.8 Å². The maximum absolute atomic E-state index is 12.5. The number of anilines is 2. The zero-order valence-electron chi connectivity index (χ0n) is 16.4. The Morgan fingerprint density at radius 3 is 2.39 bits per heavy atom. The van der Waals surface area contributed by atoms with Gasteiger partial charge in [-0.15, -0.1) is 0 Å². The van der Waals surface area contributed by atoms with Gasteiger partial charge in [-0.3, -0.25) is 4.79 Å². The molecule has 0 aliphatic heterocycles. The van der Waals surface area contributed by atoms with Gasteiger partial charge in [0.1, 0.15) is 12.4 Å². The van der Waals surface area contributed by atoms with Crippen LogP contribution in [0.2, 0.25) is 5.02 Å². The third kappa shape index (κ3) is 6.77. The molecule has 7 nitrogen and oxygen atoms in total. The van der Waals surface area contributed by atoms with E-state index in [0.717, 1.165) is 0 Å². The van der Waals surface area contributed by atoms with E-state index in [-0.39, 0.29) is 5.91 Å². The maximum atomic E-state index is 12.5. The zero-order valence-corrected chi connectivity index (χ0v) is 17.1. The molecule has 0 unspecified atom stereocenters. The first-order valence-corrected chi connectivity index (χ1v) is 9.76. The molecule has 3 amide bonds. The lowest BCUT2D eigenvalue weighted by atomic mass is 10.1. The fraction of sp³-hybridized carbons (Fsp3) is 0.0870. The van der Waals surface area contributed by atoms with Gasteiger partial charge in [0.05, 0.1) is 18.2 Å². The summed E-state index contributed by atoms with van der Waals surface area (Å²) < 4.78 is 5.51. The van der Waals surface area contributed by atoms with Gasteiger partial charge in [0.2, 0.25) is 0 Å². The Bertz CT molecular complexity index is 1110. The van der Waals surface area contributed by atoms with Crippen LogP contribution in [-0.4, -0.2) is 25.1 Å². The quantitative estimate of drug-likeness (QED) is 0.470. The molecule has 0 saturated heterocycles. The van der Waals surface area contributed by atoms with Crippen LogP contribution in [0.3, 0.4) is 0 Å². The Morgan fingerprint density at radius 2 is 1.65 bits per heavy atom. The van der Waals surface area contributed by atoms with Crippen molar-refractivity contribution >= 4 is 34.9 Å². The minimum absolute atomic E-state index is 0.291. The van der Waals surface area contributed by atoms with E-state index >= 15 is 0 Å². The molecule has 3 rings (SSSR count). The van der Waals surface area contributed by atoms with E-state index in [9.17, 15) is 9.59 Å². The number of halogens is 1. The van der Waals surface area contributed by atoms with Crippen LogP contribution < -0.4 is 20.7 Å². The molecule has 0 bridgehead atoms. The summed E-state index contributed by atoms with van der Waals surface area (Å²) in [6.07, 6.45) is 0. The van der Waals surface area contributed by atoms with Crippen molar-refractivity contribution in [3.8, 4) is 11.8 Å². The average Bonchev–Trinajstić information content (AvgIpc) is 2.78. The summed E-state index contributed by atoms with van der Waals surface area (Å²) in [5.41, 5.74) is 1.80. The molecule has 0 aliphatic carbocycles. The third-order valence-electron chi connectivity index (χ3n) is 4.10. The van der Waals surface area contributed by atoms with Crippen molar-refractivity contribution in [3.63, 3.8) is 0 Å². The second-order valence-electron chi connectivity index (χ2n) is 6.41. The van der Waals surface area contributed by atoms with Gasteiger partial charge in [-0.25, -0.2) is 4.79 Å². The molecular weight excluding hydrogens is 416 g/mol. The number of ether oxygens (including phenoxy) is 1. The zero-order chi connectivity index (χ0) is 22.1.